The van der Waals surface area contributed by atoms with E-state index >= 15 is 0 Å². The lowest BCUT2D eigenvalue weighted by atomic mass is 10.0. The number of amides is 1. The molecule has 0 spiro atoms. The summed E-state index contributed by atoms with van der Waals surface area (Å²) in [6.45, 7) is 0.882. The molecule has 0 bridgehead atoms. The van der Waals surface area contributed by atoms with Crippen molar-refractivity contribution in [3.8, 4) is 0 Å². The van der Waals surface area contributed by atoms with Gasteiger partial charge < -0.3 is 4.74 Å². The molecule has 1 N–H and O–H groups in total. The number of anilines is 1. The number of sulfonamides is 1. The van der Waals surface area contributed by atoms with Crippen molar-refractivity contribution >= 4 is 21.8 Å². The predicted molar refractivity (Wildman–Crippen MR) is 95.2 cm³/mol. The minimum Gasteiger partial charge on any atom is -0.441 e. The average molecular weight is 396 g/mol. The van der Waals surface area contributed by atoms with Gasteiger partial charge in [-0.1, -0.05) is 24.3 Å². The van der Waals surface area contributed by atoms with Gasteiger partial charge in [-0.3, -0.25) is 4.90 Å². The molecular weight excluding hydrogens is 378 g/mol. The molecule has 2 aromatic rings. The highest BCUT2D eigenvalue weighted by Gasteiger charge is 2.32. The van der Waals surface area contributed by atoms with Gasteiger partial charge in [0.05, 0.1) is 17.1 Å². The van der Waals surface area contributed by atoms with Crippen LogP contribution >= 0.6 is 0 Å². The van der Waals surface area contributed by atoms with Gasteiger partial charge in [0.1, 0.15) is 6.10 Å². The van der Waals surface area contributed by atoms with Gasteiger partial charge in [0, 0.05) is 12.1 Å². The average Bonchev–Trinajstić information content (AvgIpc) is 2.64. The lowest BCUT2D eigenvalue weighted by Crippen LogP contribution is -2.40. The third-order valence-electron chi connectivity index (χ3n) is 4.16. The van der Waals surface area contributed by atoms with Crippen LogP contribution < -0.4 is 9.62 Å². The van der Waals surface area contributed by atoms with E-state index in [4.69, 9.17) is 4.74 Å². The molecule has 2 aromatic carbocycles. The Labute approximate surface area is 155 Å². The highest BCUT2D eigenvalue weighted by Crippen LogP contribution is 2.35. The molecule has 0 aromatic heterocycles. The summed E-state index contributed by atoms with van der Waals surface area (Å²) in [5, 5.41) is 0. The number of hydrogen-bond donors (Lipinski definition) is 1. The van der Waals surface area contributed by atoms with Crippen molar-refractivity contribution in [2.24, 2.45) is 0 Å². The molecule has 1 amide bonds. The molecule has 0 saturated carbocycles. The van der Waals surface area contributed by atoms with Crippen LogP contribution in [-0.2, 0) is 21.3 Å². The Balaban J connectivity index is 1.81. The summed E-state index contributed by atoms with van der Waals surface area (Å²) >= 11 is 0. The number of carbonyl (C=O) groups is 1. The topological polar surface area (TPSA) is 75.7 Å². The Kier molecular flexibility index (Phi) is 5.43. The van der Waals surface area contributed by atoms with Gasteiger partial charge >= 0.3 is 6.09 Å². The van der Waals surface area contributed by atoms with E-state index < -0.39 is 35.2 Å². The SMILES string of the molecule is CC1OC(=O)N(CC(F)F)c2ccc(CNS(=O)(=O)c3ccccc3)cc21. The summed E-state index contributed by atoms with van der Waals surface area (Å²) in [6, 6.07) is 12.7. The maximum Gasteiger partial charge on any atom is 0.415 e. The van der Waals surface area contributed by atoms with Crippen molar-refractivity contribution in [3.63, 3.8) is 0 Å². The van der Waals surface area contributed by atoms with Gasteiger partial charge in [-0.05, 0) is 36.8 Å². The molecular formula is C18H18F2N2O4S. The monoisotopic (exact) mass is 396 g/mol. The summed E-state index contributed by atoms with van der Waals surface area (Å²) in [5.74, 6) is 0. The molecule has 1 unspecified atom stereocenters. The number of ether oxygens (including phenoxy) is 1. The van der Waals surface area contributed by atoms with Crippen molar-refractivity contribution < 1.29 is 26.7 Å². The van der Waals surface area contributed by atoms with Gasteiger partial charge in [-0.15, -0.1) is 0 Å². The minimum atomic E-state index is -3.67. The second-order valence-corrected chi connectivity index (χ2v) is 7.83. The fourth-order valence-electron chi connectivity index (χ4n) is 2.83. The number of alkyl halides is 2. The molecule has 1 atom stereocenters. The largest absolute Gasteiger partial charge is 0.441 e. The van der Waals surface area contributed by atoms with Crippen LogP contribution in [0.15, 0.2) is 53.4 Å². The zero-order chi connectivity index (χ0) is 19.6. The van der Waals surface area contributed by atoms with Gasteiger partial charge in [-0.25, -0.2) is 26.7 Å². The lowest BCUT2D eigenvalue weighted by Gasteiger charge is -2.32. The minimum absolute atomic E-state index is 0.0139. The summed E-state index contributed by atoms with van der Waals surface area (Å²) < 4.78 is 57.7. The number of cyclic esters (lactones) is 1. The van der Waals surface area contributed by atoms with Crippen molar-refractivity contribution in [1.29, 1.82) is 0 Å². The van der Waals surface area contributed by atoms with Crippen molar-refractivity contribution in [1.82, 2.24) is 4.72 Å². The first kappa shape index (κ1) is 19.2. The van der Waals surface area contributed by atoms with E-state index in [0.717, 1.165) is 4.90 Å². The van der Waals surface area contributed by atoms with E-state index in [1.54, 1.807) is 37.3 Å². The molecule has 144 valence electrons. The maximum atomic E-state index is 12.8. The number of hydrogen-bond acceptors (Lipinski definition) is 4. The van der Waals surface area contributed by atoms with E-state index in [0.29, 0.717) is 16.8 Å². The number of benzene rings is 2. The Bertz CT molecular complexity index is 936. The Morgan fingerprint density at radius 3 is 2.56 bits per heavy atom. The lowest BCUT2D eigenvalue weighted by molar-refractivity contribution is 0.0972. The van der Waals surface area contributed by atoms with Crippen LogP contribution in [0, 0.1) is 0 Å². The van der Waals surface area contributed by atoms with Gasteiger partial charge in [-0.2, -0.15) is 0 Å². The van der Waals surface area contributed by atoms with Crippen LogP contribution in [0.4, 0.5) is 19.3 Å². The van der Waals surface area contributed by atoms with Gasteiger partial charge in [0.15, 0.2) is 0 Å². The third kappa shape index (κ3) is 4.25. The predicted octanol–water partition coefficient (Wildman–Crippen LogP) is 3.45. The molecule has 1 aliphatic heterocycles. The quantitative estimate of drug-likeness (QED) is 0.812. The van der Waals surface area contributed by atoms with Gasteiger partial charge in [0.25, 0.3) is 6.43 Å². The number of carbonyl (C=O) groups excluding carboxylic acids is 1. The van der Waals surface area contributed by atoms with E-state index in [1.165, 1.54) is 18.2 Å². The van der Waals surface area contributed by atoms with Crippen LogP contribution in [0.2, 0.25) is 0 Å². The highest BCUT2D eigenvalue weighted by atomic mass is 32.2. The molecule has 1 heterocycles. The molecule has 1 aliphatic rings. The molecule has 27 heavy (non-hydrogen) atoms. The molecule has 0 aliphatic carbocycles. The number of halogens is 2. The molecule has 9 heteroatoms. The first-order valence-electron chi connectivity index (χ1n) is 8.22. The van der Waals surface area contributed by atoms with E-state index in [1.807, 2.05) is 0 Å². The van der Waals surface area contributed by atoms with Crippen LogP contribution in [0.3, 0.4) is 0 Å². The number of nitrogens with zero attached hydrogens (tertiary/aromatic N) is 1. The van der Waals surface area contributed by atoms with E-state index in [2.05, 4.69) is 4.72 Å². The third-order valence-corrected chi connectivity index (χ3v) is 5.58. The molecule has 0 fully saturated rings. The normalized spacial score (nSPS) is 17.0. The van der Waals surface area contributed by atoms with Crippen molar-refractivity contribution in [2.75, 3.05) is 11.4 Å². The fourth-order valence-corrected chi connectivity index (χ4v) is 3.87. The summed E-state index contributed by atoms with van der Waals surface area (Å²) in [4.78, 5) is 12.9. The zero-order valence-electron chi connectivity index (χ0n) is 14.4. The fraction of sp³-hybridized carbons (Fsp3) is 0.278. The first-order valence-corrected chi connectivity index (χ1v) is 9.70. The smallest absolute Gasteiger partial charge is 0.415 e. The first-order chi connectivity index (χ1) is 12.8. The Morgan fingerprint density at radius 2 is 1.89 bits per heavy atom. The molecule has 0 saturated heterocycles. The highest BCUT2D eigenvalue weighted by molar-refractivity contribution is 7.89. The standard InChI is InChI=1S/C18H18F2N2O4S/c1-12-15-9-13(10-21-27(24,25)14-5-3-2-4-6-14)7-8-16(15)22(11-17(19)20)18(23)26-12/h2-9,12,17,21H,10-11H2,1H3. The summed E-state index contributed by atoms with van der Waals surface area (Å²) in [7, 11) is -3.67. The van der Waals surface area contributed by atoms with E-state index in [9.17, 15) is 22.0 Å². The number of nitrogens with one attached hydrogen (secondary N) is 1. The number of fused-ring (bicyclic) bond motifs is 1. The van der Waals surface area contributed by atoms with Crippen molar-refractivity contribution in [3.05, 3.63) is 59.7 Å². The van der Waals surface area contributed by atoms with Crippen LogP contribution in [0.5, 0.6) is 0 Å². The van der Waals surface area contributed by atoms with Gasteiger partial charge in [0.2, 0.25) is 10.0 Å². The van der Waals surface area contributed by atoms with Crippen LogP contribution in [0.25, 0.3) is 0 Å². The van der Waals surface area contributed by atoms with Crippen LogP contribution in [0.1, 0.15) is 24.2 Å². The van der Waals surface area contributed by atoms with Crippen molar-refractivity contribution in [2.45, 2.75) is 30.9 Å². The Hall–Kier alpha value is -2.52. The second kappa shape index (κ2) is 7.61. The summed E-state index contributed by atoms with van der Waals surface area (Å²) in [5.41, 5.74) is 1.51. The molecule has 3 rings (SSSR count). The molecule has 6 nitrogen and oxygen atoms in total. The van der Waals surface area contributed by atoms with Crippen LogP contribution in [-0.4, -0.2) is 27.5 Å². The summed E-state index contributed by atoms with van der Waals surface area (Å²) in [6.07, 6.45) is -4.14. The molecule has 0 radical (unpaired) electrons. The number of rotatable bonds is 6. The Morgan fingerprint density at radius 1 is 1.19 bits per heavy atom. The maximum absolute atomic E-state index is 12.8. The second-order valence-electron chi connectivity index (χ2n) is 6.06. The zero-order valence-corrected chi connectivity index (χ0v) is 15.2. The van der Waals surface area contributed by atoms with E-state index in [-0.39, 0.29) is 11.4 Å².